The van der Waals surface area contributed by atoms with Crippen molar-refractivity contribution in [3.8, 4) is 0 Å². The molecule has 180 valence electrons. The molecular weight excluding hydrogens is 456 g/mol. The summed E-state index contributed by atoms with van der Waals surface area (Å²) in [6, 6.07) is 17.7. The molecule has 5 rings (SSSR count). The Kier molecular flexibility index (Phi) is 6.21. The van der Waals surface area contributed by atoms with Gasteiger partial charge in [-0.2, -0.15) is 0 Å². The van der Waals surface area contributed by atoms with Gasteiger partial charge in [0.2, 0.25) is 0 Å². The van der Waals surface area contributed by atoms with Crippen molar-refractivity contribution in [2.75, 3.05) is 5.32 Å². The lowest BCUT2D eigenvalue weighted by Crippen LogP contribution is -2.30. The molecule has 2 aromatic carbocycles. The molecule has 1 amide bonds. The van der Waals surface area contributed by atoms with Crippen LogP contribution in [0.3, 0.4) is 0 Å². The number of aromatic nitrogens is 1. The van der Waals surface area contributed by atoms with Crippen molar-refractivity contribution in [1.29, 1.82) is 0 Å². The zero-order chi connectivity index (χ0) is 25.2. The monoisotopic (exact) mass is 480 g/mol. The SMILES string of the molecule is CC(=O)c1ccc(NC(=O)C(C)OC(=O)c2c3c(nc4ccccc24)/C(=C/c2ccco2)CC3)cc1. The number of pyridine rings is 1. The van der Waals surface area contributed by atoms with Gasteiger partial charge in [-0.1, -0.05) is 18.2 Å². The number of hydrogen-bond acceptors (Lipinski definition) is 6. The van der Waals surface area contributed by atoms with Gasteiger partial charge in [0.25, 0.3) is 5.91 Å². The molecule has 2 aromatic heterocycles. The number of amides is 1. The van der Waals surface area contributed by atoms with Crippen LogP contribution in [0.5, 0.6) is 0 Å². The van der Waals surface area contributed by atoms with E-state index in [0.717, 1.165) is 22.6 Å². The van der Waals surface area contributed by atoms with Gasteiger partial charge in [-0.05, 0) is 86.4 Å². The predicted octanol–water partition coefficient (Wildman–Crippen LogP) is 5.70. The summed E-state index contributed by atoms with van der Waals surface area (Å²) >= 11 is 0. The number of Topliss-reactive ketones (excluding diaryl/α,β-unsaturated/α-hetero) is 1. The molecule has 0 bridgehead atoms. The van der Waals surface area contributed by atoms with Crippen LogP contribution in [0.25, 0.3) is 22.6 Å². The van der Waals surface area contributed by atoms with Crippen molar-refractivity contribution >= 4 is 45.9 Å². The van der Waals surface area contributed by atoms with Crippen LogP contribution in [-0.2, 0) is 16.0 Å². The van der Waals surface area contributed by atoms with Gasteiger partial charge in [0.05, 0.1) is 23.0 Å². The first-order chi connectivity index (χ1) is 17.4. The van der Waals surface area contributed by atoms with E-state index in [1.54, 1.807) is 30.5 Å². The van der Waals surface area contributed by atoms with E-state index in [9.17, 15) is 14.4 Å². The third kappa shape index (κ3) is 4.55. The van der Waals surface area contributed by atoms with Gasteiger partial charge in [0.15, 0.2) is 11.9 Å². The summed E-state index contributed by atoms with van der Waals surface area (Å²) in [6.07, 6.45) is 3.87. The quantitative estimate of drug-likeness (QED) is 0.281. The topological polar surface area (TPSA) is 98.5 Å². The first-order valence-corrected chi connectivity index (χ1v) is 11.7. The van der Waals surface area contributed by atoms with Gasteiger partial charge in [-0.3, -0.25) is 9.59 Å². The molecule has 0 saturated carbocycles. The van der Waals surface area contributed by atoms with E-state index in [0.29, 0.717) is 40.6 Å². The third-order valence-corrected chi connectivity index (χ3v) is 6.22. The van der Waals surface area contributed by atoms with Crippen LogP contribution in [0.4, 0.5) is 5.69 Å². The van der Waals surface area contributed by atoms with E-state index in [2.05, 4.69) is 5.32 Å². The predicted molar refractivity (Wildman–Crippen MR) is 137 cm³/mol. The number of para-hydroxylation sites is 1. The van der Waals surface area contributed by atoms with Crippen LogP contribution >= 0.6 is 0 Å². The van der Waals surface area contributed by atoms with Crippen molar-refractivity contribution in [1.82, 2.24) is 4.98 Å². The minimum atomic E-state index is -1.04. The van der Waals surface area contributed by atoms with Crippen molar-refractivity contribution in [3.05, 3.63) is 95.1 Å². The molecule has 1 atom stereocenters. The molecule has 1 aliphatic rings. The molecule has 0 aliphatic heterocycles. The van der Waals surface area contributed by atoms with E-state index < -0.39 is 18.0 Å². The number of nitrogens with zero attached hydrogens (tertiary/aromatic N) is 1. The zero-order valence-corrected chi connectivity index (χ0v) is 19.9. The Morgan fingerprint density at radius 1 is 1.03 bits per heavy atom. The number of furan rings is 1. The zero-order valence-electron chi connectivity index (χ0n) is 19.9. The first-order valence-electron chi connectivity index (χ1n) is 11.7. The molecule has 36 heavy (non-hydrogen) atoms. The number of rotatable bonds is 6. The number of allylic oxidation sites excluding steroid dienone is 1. The fraction of sp³-hybridized carbons (Fsp3) is 0.172. The highest BCUT2D eigenvalue weighted by atomic mass is 16.5. The van der Waals surface area contributed by atoms with Crippen LogP contribution in [0.2, 0.25) is 0 Å². The lowest BCUT2D eigenvalue weighted by Gasteiger charge is -2.16. The van der Waals surface area contributed by atoms with Gasteiger partial charge >= 0.3 is 5.97 Å². The van der Waals surface area contributed by atoms with E-state index >= 15 is 0 Å². The van der Waals surface area contributed by atoms with Crippen LogP contribution in [0.1, 0.15) is 58.0 Å². The Labute approximate surface area is 207 Å². The Bertz CT molecular complexity index is 1500. The molecule has 7 heteroatoms. The summed E-state index contributed by atoms with van der Waals surface area (Å²) in [5.74, 6) is -0.376. The van der Waals surface area contributed by atoms with Crippen LogP contribution in [0, 0.1) is 0 Å². The summed E-state index contributed by atoms with van der Waals surface area (Å²) in [6.45, 7) is 3.01. The Balaban J connectivity index is 1.41. The Morgan fingerprint density at radius 3 is 2.53 bits per heavy atom. The summed E-state index contributed by atoms with van der Waals surface area (Å²) in [4.78, 5) is 42.4. The summed E-state index contributed by atoms with van der Waals surface area (Å²) in [7, 11) is 0. The third-order valence-electron chi connectivity index (χ3n) is 6.22. The van der Waals surface area contributed by atoms with Crippen LogP contribution < -0.4 is 5.32 Å². The van der Waals surface area contributed by atoms with Crippen LogP contribution in [-0.4, -0.2) is 28.7 Å². The number of fused-ring (bicyclic) bond motifs is 2. The number of carbonyl (C=O) groups excluding carboxylic acids is 3. The average molecular weight is 481 g/mol. The normalized spacial score (nSPS) is 14.4. The minimum Gasteiger partial charge on any atom is -0.465 e. The van der Waals surface area contributed by atoms with E-state index in [-0.39, 0.29) is 5.78 Å². The highest BCUT2D eigenvalue weighted by Crippen LogP contribution is 2.38. The number of carbonyl (C=O) groups is 3. The van der Waals surface area contributed by atoms with Gasteiger partial charge in [-0.15, -0.1) is 0 Å². The van der Waals surface area contributed by atoms with Gasteiger partial charge < -0.3 is 14.5 Å². The molecule has 0 spiro atoms. The number of nitrogens with one attached hydrogen (secondary N) is 1. The molecule has 0 saturated heterocycles. The molecular formula is C29H24N2O5. The van der Waals surface area contributed by atoms with Crippen molar-refractivity contribution in [2.24, 2.45) is 0 Å². The lowest BCUT2D eigenvalue weighted by molar-refractivity contribution is -0.123. The first kappa shape index (κ1) is 23.2. The van der Waals surface area contributed by atoms with Crippen molar-refractivity contribution < 1.29 is 23.5 Å². The second-order valence-electron chi connectivity index (χ2n) is 8.69. The number of ether oxygens (including phenoxy) is 1. The molecule has 7 nitrogen and oxygen atoms in total. The Hall–Kier alpha value is -4.52. The molecule has 1 aliphatic carbocycles. The molecule has 1 N–H and O–H groups in total. The fourth-order valence-corrected chi connectivity index (χ4v) is 4.36. The average Bonchev–Trinajstić information content (AvgIpc) is 3.53. The maximum atomic E-state index is 13.4. The standard InChI is InChI=1S/C29H24N2O5/c1-17(32)19-9-12-21(13-10-19)30-28(33)18(2)36-29(34)26-23-7-3-4-8-25(23)31-27-20(11-14-24(26)27)16-22-6-5-15-35-22/h3-10,12-13,15-16,18H,11,14H2,1-2H3,(H,30,33)/b20-16+. The van der Waals surface area contributed by atoms with Gasteiger partial charge in [0.1, 0.15) is 5.76 Å². The van der Waals surface area contributed by atoms with Gasteiger partial charge in [-0.25, -0.2) is 9.78 Å². The van der Waals surface area contributed by atoms with E-state index in [1.165, 1.54) is 13.8 Å². The molecule has 0 radical (unpaired) electrons. The van der Waals surface area contributed by atoms with E-state index in [4.69, 9.17) is 14.1 Å². The maximum absolute atomic E-state index is 13.4. The molecule has 1 unspecified atom stereocenters. The van der Waals surface area contributed by atoms with Gasteiger partial charge in [0, 0.05) is 16.6 Å². The second-order valence-corrected chi connectivity index (χ2v) is 8.69. The second kappa shape index (κ2) is 9.62. The van der Waals surface area contributed by atoms with Crippen molar-refractivity contribution in [2.45, 2.75) is 32.8 Å². The maximum Gasteiger partial charge on any atom is 0.339 e. The lowest BCUT2D eigenvalue weighted by atomic mass is 10.0. The summed E-state index contributed by atoms with van der Waals surface area (Å²) < 4.78 is 11.1. The number of benzene rings is 2. The molecule has 4 aromatic rings. The fourth-order valence-electron chi connectivity index (χ4n) is 4.36. The largest absolute Gasteiger partial charge is 0.465 e. The van der Waals surface area contributed by atoms with Crippen LogP contribution in [0.15, 0.2) is 71.3 Å². The van der Waals surface area contributed by atoms with Crippen molar-refractivity contribution in [3.63, 3.8) is 0 Å². The highest BCUT2D eigenvalue weighted by Gasteiger charge is 2.29. The number of anilines is 1. The number of ketones is 1. The molecule has 2 heterocycles. The minimum absolute atomic E-state index is 0.0607. The van der Waals surface area contributed by atoms with E-state index in [1.807, 2.05) is 42.5 Å². The molecule has 0 fully saturated rings. The highest BCUT2D eigenvalue weighted by molar-refractivity contribution is 6.08. The Morgan fingerprint density at radius 2 is 1.81 bits per heavy atom. The smallest absolute Gasteiger partial charge is 0.339 e. The number of esters is 1. The summed E-state index contributed by atoms with van der Waals surface area (Å²) in [5, 5.41) is 3.41. The number of hydrogen-bond donors (Lipinski definition) is 1. The summed E-state index contributed by atoms with van der Waals surface area (Å²) in [5.41, 5.74) is 4.72.